The fourth-order valence-corrected chi connectivity index (χ4v) is 2.77. The SMILES string of the molecule is CCc1cnc(CNc2snc(N)c2C)s1. The van der Waals surface area contributed by atoms with E-state index in [1.807, 2.05) is 13.1 Å². The van der Waals surface area contributed by atoms with Crippen molar-refractivity contribution in [3.8, 4) is 0 Å². The first-order chi connectivity index (χ1) is 7.70. The second-order valence-corrected chi connectivity index (χ2v) is 5.42. The van der Waals surface area contributed by atoms with Crippen molar-refractivity contribution < 1.29 is 0 Å². The van der Waals surface area contributed by atoms with Crippen LogP contribution in [-0.2, 0) is 13.0 Å². The molecular weight excluding hydrogens is 240 g/mol. The van der Waals surface area contributed by atoms with E-state index >= 15 is 0 Å². The van der Waals surface area contributed by atoms with Gasteiger partial charge in [0.2, 0.25) is 0 Å². The van der Waals surface area contributed by atoms with Gasteiger partial charge in [0, 0.05) is 16.6 Å². The van der Waals surface area contributed by atoms with Crippen molar-refractivity contribution in [2.45, 2.75) is 26.8 Å². The molecule has 0 atom stereocenters. The quantitative estimate of drug-likeness (QED) is 0.880. The van der Waals surface area contributed by atoms with Crippen molar-refractivity contribution in [1.82, 2.24) is 9.36 Å². The van der Waals surface area contributed by atoms with E-state index in [0.717, 1.165) is 28.5 Å². The number of rotatable bonds is 4. The number of nitrogen functional groups attached to an aromatic ring is 1. The molecule has 16 heavy (non-hydrogen) atoms. The number of anilines is 2. The van der Waals surface area contributed by atoms with Crippen LogP contribution in [0.5, 0.6) is 0 Å². The Morgan fingerprint density at radius 2 is 2.31 bits per heavy atom. The fraction of sp³-hybridized carbons (Fsp3) is 0.400. The summed E-state index contributed by atoms with van der Waals surface area (Å²) >= 11 is 3.14. The van der Waals surface area contributed by atoms with Crippen LogP contribution < -0.4 is 11.1 Å². The first-order valence-corrected chi connectivity index (χ1v) is 6.69. The molecule has 86 valence electrons. The highest BCUT2D eigenvalue weighted by Gasteiger charge is 2.07. The zero-order chi connectivity index (χ0) is 11.5. The molecule has 2 rings (SSSR count). The smallest absolute Gasteiger partial charge is 0.142 e. The highest BCUT2D eigenvalue weighted by atomic mass is 32.1. The van der Waals surface area contributed by atoms with E-state index in [4.69, 9.17) is 5.73 Å². The summed E-state index contributed by atoms with van der Waals surface area (Å²) in [6.45, 7) is 4.85. The Hall–Kier alpha value is -1.14. The zero-order valence-electron chi connectivity index (χ0n) is 9.28. The van der Waals surface area contributed by atoms with Crippen LogP contribution in [0.15, 0.2) is 6.20 Å². The van der Waals surface area contributed by atoms with Crippen LogP contribution in [0.25, 0.3) is 0 Å². The average molecular weight is 254 g/mol. The predicted octanol–water partition coefficient (Wildman–Crippen LogP) is 2.66. The van der Waals surface area contributed by atoms with E-state index in [9.17, 15) is 0 Å². The minimum atomic E-state index is 0.612. The van der Waals surface area contributed by atoms with E-state index in [1.54, 1.807) is 11.3 Å². The summed E-state index contributed by atoms with van der Waals surface area (Å²) in [5.41, 5.74) is 6.71. The molecule has 0 spiro atoms. The van der Waals surface area contributed by atoms with E-state index in [-0.39, 0.29) is 0 Å². The summed E-state index contributed by atoms with van der Waals surface area (Å²) in [4.78, 5) is 5.66. The summed E-state index contributed by atoms with van der Waals surface area (Å²) in [7, 11) is 0. The minimum absolute atomic E-state index is 0.612. The standard InChI is InChI=1S/C10H14N4S2/c1-3-7-4-12-8(15-7)5-13-10-6(2)9(11)14-16-10/h4,13H,3,5H2,1-2H3,(H2,11,14). The number of nitrogens with two attached hydrogens (primary N) is 1. The molecule has 0 aromatic carbocycles. The van der Waals surface area contributed by atoms with Gasteiger partial charge in [-0.3, -0.25) is 0 Å². The molecule has 0 saturated carbocycles. The van der Waals surface area contributed by atoms with Gasteiger partial charge in [0.15, 0.2) is 0 Å². The maximum Gasteiger partial charge on any atom is 0.142 e. The molecule has 0 radical (unpaired) electrons. The molecule has 4 nitrogen and oxygen atoms in total. The van der Waals surface area contributed by atoms with E-state index in [0.29, 0.717) is 5.82 Å². The molecule has 0 aliphatic heterocycles. The Labute approximate surface area is 103 Å². The molecule has 0 aliphatic carbocycles. The molecule has 0 bridgehead atoms. The molecule has 0 aliphatic rings. The van der Waals surface area contributed by atoms with Gasteiger partial charge in [0.05, 0.1) is 6.54 Å². The third-order valence-electron chi connectivity index (χ3n) is 2.31. The lowest BCUT2D eigenvalue weighted by atomic mass is 10.3. The van der Waals surface area contributed by atoms with E-state index < -0.39 is 0 Å². The minimum Gasteiger partial charge on any atom is -0.383 e. The highest BCUT2D eigenvalue weighted by Crippen LogP contribution is 2.26. The topological polar surface area (TPSA) is 63.8 Å². The summed E-state index contributed by atoms with van der Waals surface area (Å²) in [6, 6.07) is 0. The molecule has 2 aromatic heterocycles. The maximum absolute atomic E-state index is 5.68. The van der Waals surface area contributed by atoms with Crippen LogP contribution in [-0.4, -0.2) is 9.36 Å². The Balaban J connectivity index is 1.99. The lowest BCUT2D eigenvalue weighted by Crippen LogP contribution is -1.98. The number of aromatic nitrogens is 2. The van der Waals surface area contributed by atoms with Gasteiger partial charge in [-0.1, -0.05) is 6.92 Å². The highest BCUT2D eigenvalue weighted by molar-refractivity contribution is 7.11. The van der Waals surface area contributed by atoms with Crippen LogP contribution in [0.3, 0.4) is 0 Å². The van der Waals surface area contributed by atoms with Crippen LogP contribution in [0.4, 0.5) is 10.8 Å². The third-order valence-corrected chi connectivity index (χ3v) is 4.37. The number of nitrogens with one attached hydrogen (secondary N) is 1. The second kappa shape index (κ2) is 4.80. The van der Waals surface area contributed by atoms with Crippen LogP contribution in [0.2, 0.25) is 0 Å². The van der Waals surface area contributed by atoms with Crippen molar-refractivity contribution in [3.05, 3.63) is 21.6 Å². The maximum atomic E-state index is 5.68. The van der Waals surface area contributed by atoms with Crippen LogP contribution in [0.1, 0.15) is 22.4 Å². The monoisotopic (exact) mass is 254 g/mol. The number of thiazole rings is 1. The second-order valence-electron chi connectivity index (χ2n) is 3.45. The lowest BCUT2D eigenvalue weighted by Gasteiger charge is -2.00. The molecule has 0 fully saturated rings. The fourth-order valence-electron chi connectivity index (χ4n) is 1.26. The number of hydrogen-bond acceptors (Lipinski definition) is 6. The molecule has 0 unspecified atom stereocenters. The molecule has 3 N–H and O–H groups in total. The predicted molar refractivity (Wildman–Crippen MR) is 70.1 cm³/mol. The summed E-state index contributed by atoms with van der Waals surface area (Å²) < 4.78 is 4.09. The molecule has 2 heterocycles. The largest absolute Gasteiger partial charge is 0.383 e. The van der Waals surface area contributed by atoms with Gasteiger partial charge in [0.1, 0.15) is 15.8 Å². The Bertz CT molecular complexity index is 475. The number of nitrogens with zero attached hydrogens (tertiary/aromatic N) is 2. The van der Waals surface area contributed by atoms with Gasteiger partial charge < -0.3 is 11.1 Å². The van der Waals surface area contributed by atoms with Crippen molar-refractivity contribution in [1.29, 1.82) is 0 Å². The van der Waals surface area contributed by atoms with Crippen molar-refractivity contribution >= 4 is 33.7 Å². The number of aryl methyl sites for hydroxylation is 1. The van der Waals surface area contributed by atoms with Crippen molar-refractivity contribution in [3.63, 3.8) is 0 Å². The van der Waals surface area contributed by atoms with Gasteiger partial charge in [-0.05, 0) is 24.9 Å². The summed E-state index contributed by atoms with van der Waals surface area (Å²) in [5, 5.41) is 5.44. The van der Waals surface area contributed by atoms with Crippen LogP contribution >= 0.6 is 22.9 Å². The lowest BCUT2D eigenvalue weighted by molar-refractivity contribution is 1.10. The van der Waals surface area contributed by atoms with Crippen LogP contribution in [0, 0.1) is 6.92 Å². The Kier molecular flexibility index (Phi) is 3.40. The summed E-state index contributed by atoms with van der Waals surface area (Å²) in [6.07, 6.45) is 2.99. The zero-order valence-corrected chi connectivity index (χ0v) is 10.9. The molecule has 2 aromatic rings. The third kappa shape index (κ3) is 2.33. The van der Waals surface area contributed by atoms with Gasteiger partial charge in [-0.15, -0.1) is 11.3 Å². The normalized spacial score (nSPS) is 10.6. The van der Waals surface area contributed by atoms with Gasteiger partial charge in [-0.2, -0.15) is 4.37 Å². The van der Waals surface area contributed by atoms with E-state index in [2.05, 4.69) is 21.6 Å². The first kappa shape index (κ1) is 11.3. The number of hydrogen-bond donors (Lipinski definition) is 2. The Morgan fingerprint density at radius 1 is 1.50 bits per heavy atom. The average Bonchev–Trinajstić information content (AvgIpc) is 2.86. The molecule has 0 amide bonds. The molecule has 0 saturated heterocycles. The first-order valence-electron chi connectivity index (χ1n) is 5.10. The van der Waals surface area contributed by atoms with E-state index in [1.165, 1.54) is 16.4 Å². The molecular formula is C10H14N4S2. The summed E-state index contributed by atoms with van der Waals surface area (Å²) in [5.74, 6) is 0.612. The van der Waals surface area contributed by atoms with Gasteiger partial charge in [0.25, 0.3) is 0 Å². The van der Waals surface area contributed by atoms with Gasteiger partial charge in [-0.25, -0.2) is 4.98 Å². The molecule has 6 heteroatoms. The van der Waals surface area contributed by atoms with Crippen molar-refractivity contribution in [2.24, 2.45) is 0 Å². The Morgan fingerprint density at radius 3 is 2.88 bits per heavy atom. The van der Waals surface area contributed by atoms with Gasteiger partial charge >= 0.3 is 0 Å². The van der Waals surface area contributed by atoms with Crippen molar-refractivity contribution in [2.75, 3.05) is 11.1 Å².